The number of methoxy groups -OCH3 is 1. The van der Waals surface area contributed by atoms with E-state index in [1.54, 1.807) is 32.7 Å². The molecule has 150 valence electrons. The molecule has 3 rings (SSSR count). The lowest BCUT2D eigenvalue weighted by Crippen LogP contribution is -2.40. The zero-order valence-electron chi connectivity index (χ0n) is 16.2. The van der Waals surface area contributed by atoms with Crippen molar-refractivity contribution >= 4 is 29.0 Å². The molecule has 0 radical (unpaired) electrons. The maximum absolute atomic E-state index is 12.7. The monoisotopic (exact) mass is 412 g/mol. The van der Waals surface area contributed by atoms with Gasteiger partial charge in [0, 0.05) is 15.5 Å². The maximum atomic E-state index is 12.7. The van der Waals surface area contributed by atoms with E-state index in [-0.39, 0.29) is 11.6 Å². The summed E-state index contributed by atoms with van der Waals surface area (Å²) in [6.07, 6.45) is 2.37. The van der Waals surface area contributed by atoms with E-state index in [0.29, 0.717) is 5.69 Å². The molecule has 1 aromatic heterocycles. The van der Waals surface area contributed by atoms with E-state index in [1.165, 1.54) is 10.9 Å². The lowest BCUT2D eigenvalue weighted by molar-refractivity contribution is -0.385. The molecule has 0 saturated heterocycles. The predicted octanol–water partition coefficient (Wildman–Crippen LogP) is 4.32. The molecule has 0 aliphatic carbocycles. The highest BCUT2D eigenvalue weighted by atomic mass is 32.2. The Balaban J connectivity index is 1.66. The summed E-state index contributed by atoms with van der Waals surface area (Å²) in [7, 11) is 1.63. The first-order valence-corrected chi connectivity index (χ1v) is 9.54. The molecule has 0 unspecified atom stereocenters. The Morgan fingerprint density at radius 2 is 1.72 bits per heavy atom. The van der Waals surface area contributed by atoms with Crippen molar-refractivity contribution in [2.45, 2.75) is 29.2 Å². The number of carbonyl (C=O) groups excluding carboxylic acids is 1. The minimum atomic E-state index is -1.09. The second-order valence-electron chi connectivity index (χ2n) is 6.72. The fraction of sp³-hybridized carbons (Fsp3) is 0.200. The van der Waals surface area contributed by atoms with Gasteiger partial charge in [-0.15, -0.1) is 0 Å². The number of nitrogens with zero attached hydrogens (tertiary/aromatic N) is 3. The minimum absolute atomic E-state index is 0.161. The van der Waals surface area contributed by atoms with Gasteiger partial charge in [0.15, 0.2) is 0 Å². The number of aromatic nitrogens is 2. The molecule has 0 fully saturated rings. The first-order chi connectivity index (χ1) is 13.8. The number of anilines is 1. The molecule has 29 heavy (non-hydrogen) atoms. The highest BCUT2D eigenvalue weighted by molar-refractivity contribution is 7.99. The van der Waals surface area contributed by atoms with Crippen LogP contribution in [-0.2, 0) is 10.3 Å². The quantitative estimate of drug-likeness (QED) is 0.458. The molecule has 0 spiro atoms. The molecule has 8 nitrogen and oxygen atoms in total. The molecule has 1 N–H and O–H groups in total. The van der Waals surface area contributed by atoms with E-state index in [4.69, 9.17) is 4.74 Å². The van der Waals surface area contributed by atoms with Crippen molar-refractivity contribution in [1.29, 1.82) is 0 Å². The summed E-state index contributed by atoms with van der Waals surface area (Å²) in [4.78, 5) is 25.1. The number of benzene rings is 2. The van der Waals surface area contributed by atoms with Crippen LogP contribution in [0.4, 0.5) is 11.4 Å². The average Bonchev–Trinajstić information content (AvgIpc) is 3.21. The Labute approximate surface area is 172 Å². The van der Waals surface area contributed by atoms with Gasteiger partial charge in [0.25, 0.3) is 5.91 Å². The van der Waals surface area contributed by atoms with Crippen LogP contribution >= 0.6 is 11.8 Å². The molecular weight excluding hydrogens is 392 g/mol. The number of nitro groups is 1. The molecule has 1 amide bonds. The third-order valence-electron chi connectivity index (χ3n) is 4.32. The molecule has 0 atom stereocenters. The zero-order valence-corrected chi connectivity index (χ0v) is 17.0. The predicted molar refractivity (Wildman–Crippen MR) is 110 cm³/mol. The van der Waals surface area contributed by atoms with Gasteiger partial charge < -0.3 is 10.1 Å². The van der Waals surface area contributed by atoms with E-state index >= 15 is 0 Å². The minimum Gasteiger partial charge on any atom is -0.497 e. The Morgan fingerprint density at radius 1 is 1.14 bits per heavy atom. The normalized spacial score (nSPS) is 11.1. The van der Waals surface area contributed by atoms with Gasteiger partial charge >= 0.3 is 5.69 Å². The maximum Gasteiger partial charge on any atom is 0.307 e. The van der Waals surface area contributed by atoms with E-state index in [1.807, 2.05) is 48.5 Å². The molecule has 2 aromatic carbocycles. The van der Waals surface area contributed by atoms with Crippen molar-refractivity contribution in [3.63, 3.8) is 0 Å². The third kappa shape index (κ3) is 4.75. The van der Waals surface area contributed by atoms with E-state index < -0.39 is 10.5 Å². The summed E-state index contributed by atoms with van der Waals surface area (Å²) in [6, 6.07) is 15.2. The summed E-state index contributed by atoms with van der Waals surface area (Å²) in [6.45, 7) is 3.29. The number of ether oxygens (including phenoxy) is 1. The third-order valence-corrected chi connectivity index (χ3v) is 5.33. The number of hydrogen-bond donors (Lipinski definition) is 1. The van der Waals surface area contributed by atoms with Gasteiger partial charge in [-0.2, -0.15) is 5.10 Å². The van der Waals surface area contributed by atoms with Gasteiger partial charge in [0.05, 0.1) is 12.0 Å². The van der Waals surface area contributed by atoms with Gasteiger partial charge in [-0.1, -0.05) is 11.8 Å². The van der Waals surface area contributed by atoms with Crippen molar-refractivity contribution in [2.24, 2.45) is 0 Å². The van der Waals surface area contributed by atoms with Gasteiger partial charge in [-0.3, -0.25) is 19.6 Å². The average molecular weight is 412 g/mol. The van der Waals surface area contributed by atoms with E-state index in [2.05, 4.69) is 10.4 Å². The standard InChI is InChI=1S/C20H20N4O4S/c1-20(2,23-13-15(12-21-23)24(26)27)19(25)22-14-4-8-17(9-5-14)29-18-10-6-16(28-3)7-11-18/h4-13H,1-3H3,(H,22,25). The Hall–Kier alpha value is -3.33. The van der Waals surface area contributed by atoms with Crippen LogP contribution in [0.2, 0.25) is 0 Å². The largest absolute Gasteiger partial charge is 0.497 e. The number of hydrogen-bond acceptors (Lipinski definition) is 6. The van der Waals surface area contributed by atoms with Gasteiger partial charge in [-0.25, -0.2) is 0 Å². The van der Waals surface area contributed by atoms with Crippen LogP contribution in [0.15, 0.2) is 70.7 Å². The molecule has 0 aliphatic heterocycles. The fourth-order valence-electron chi connectivity index (χ4n) is 2.49. The smallest absolute Gasteiger partial charge is 0.307 e. The zero-order chi connectivity index (χ0) is 21.0. The van der Waals surface area contributed by atoms with Crippen LogP contribution in [0.5, 0.6) is 5.75 Å². The Morgan fingerprint density at radius 3 is 2.24 bits per heavy atom. The van der Waals surface area contributed by atoms with Crippen LogP contribution in [0.25, 0.3) is 0 Å². The molecule has 0 aliphatic rings. The summed E-state index contributed by atoms with van der Waals surface area (Å²) >= 11 is 1.60. The summed E-state index contributed by atoms with van der Waals surface area (Å²) in [5, 5.41) is 17.6. The highest BCUT2D eigenvalue weighted by Gasteiger charge is 2.32. The van der Waals surface area contributed by atoms with Gasteiger partial charge in [0.1, 0.15) is 23.7 Å². The molecule has 0 bridgehead atoms. The van der Waals surface area contributed by atoms with Crippen molar-refractivity contribution < 1.29 is 14.5 Å². The topological polar surface area (TPSA) is 99.3 Å². The molecular formula is C20H20N4O4S. The summed E-state index contributed by atoms with van der Waals surface area (Å²) in [5.41, 5.74) is -0.625. The van der Waals surface area contributed by atoms with Crippen LogP contribution in [-0.4, -0.2) is 27.7 Å². The lowest BCUT2D eigenvalue weighted by Gasteiger charge is -2.23. The second-order valence-corrected chi connectivity index (χ2v) is 7.86. The fourth-order valence-corrected chi connectivity index (χ4v) is 3.30. The first-order valence-electron chi connectivity index (χ1n) is 8.72. The molecule has 1 heterocycles. The van der Waals surface area contributed by atoms with Crippen molar-refractivity contribution in [2.75, 3.05) is 12.4 Å². The first kappa shape index (κ1) is 20.4. The summed E-state index contributed by atoms with van der Waals surface area (Å²) in [5.74, 6) is 0.476. The lowest BCUT2D eigenvalue weighted by atomic mass is 10.0. The van der Waals surface area contributed by atoms with Gasteiger partial charge in [-0.05, 0) is 62.4 Å². The molecule has 9 heteroatoms. The van der Waals surface area contributed by atoms with Crippen LogP contribution in [0.3, 0.4) is 0 Å². The number of amides is 1. The summed E-state index contributed by atoms with van der Waals surface area (Å²) < 4.78 is 6.44. The number of rotatable bonds is 7. The Bertz CT molecular complexity index is 1010. The highest BCUT2D eigenvalue weighted by Crippen LogP contribution is 2.30. The van der Waals surface area contributed by atoms with E-state index in [0.717, 1.165) is 21.7 Å². The van der Waals surface area contributed by atoms with Crippen LogP contribution < -0.4 is 10.1 Å². The van der Waals surface area contributed by atoms with Crippen LogP contribution in [0, 0.1) is 10.1 Å². The van der Waals surface area contributed by atoms with Crippen molar-refractivity contribution in [3.8, 4) is 5.75 Å². The van der Waals surface area contributed by atoms with Gasteiger partial charge in [0.2, 0.25) is 0 Å². The Kier molecular flexibility index (Phi) is 5.88. The number of nitrogens with one attached hydrogen (secondary N) is 1. The van der Waals surface area contributed by atoms with Crippen molar-refractivity contribution in [1.82, 2.24) is 9.78 Å². The SMILES string of the molecule is COc1ccc(Sc2ccc(NC(=O)C(C)(C)n3cc([N+](=O)[O-])cn3)cc2)cc1. The molecule has 3 aromatic rings. The van der Waals surface area contributed by atoms with E-state index in [9.17, 15) is 14.9 Å². The number of carbonyl (C=O) groups is 1. The van der Waals surface area contributed by atoms with Crippen molar-refractivity contribution in [3.05, 3.63) is 71.0 Å². The molecule has 0 saturated carbocycles. The van der Waals surface area contributed by atoms with Crippen LogP contribution in [0.1, 0.15) is 13.8 Å². The second kappa shape index (κ2) is 8.36.